The Morgan fingerprint density at radius 1 is 1.35 bits per heavy atom. The smallest absolute Gasteiger partial charge is 0.152 e. The highest BCUT2D eigenvalue weighted by Gasteiger charge is 2.27. The average Bonchev–Trinajstić information content (AvgIpc) is 2.67. The summed E-state index contributed by atoms with van der Waals surface area (Å²) in [5, 5.41) is 4.24. The van der Waals surface area contributed by atoms with E-state index < -0.39 is 9.84 Å². The normalized spacial score (nSPS) is 23.6. The van der Waals surface area contributed by atoms with Gasteiger partial charge in [-0.25, -0.2) is 8.42 Å². The lowest BCUT2D eigenvalue weighted by molar-refractivity contribution is 0.577. The van der Waals surface area contributed by atoms with Crippen molar-refractivity contribution < 1.29 is 8.42 Å². The molecule has 0 aliphatic carbocycles. The van der Waals surface area contributed by atoms with Crippen LogP contribution in [0.15, 0.2) is 35.4 Å². The Labute approximate surface area is 102 Å². The number of nitrogens with zero attached hydrogens (tertiary/aromatic N) is 1. The summed E-state index contributed by atoms with van der Waals surface area (Å²) in [6, 6.07) is 9.77. The third kappa shape index (κ3) is 3.30. The van der Waals surface area contributed by atoms with E-state index in [4.69, 9.17) is 0 Å². The lowest BCUT2D eigenvalue weighted by Gasteiger charge is -2.08. The van der Waals surface area contributed by atoms with Gasteiger partial charge in [-0.15, -0.1) is 0 Å². The molecular formula is C12H16N2O2S. The predicted octanol–water partition coefficient (Wildman–Crippen LogP) is 1.19. The quantitative estimate of drug-likeness (QED) is 0.649. The second kappa shape index (κ2) is 4.87. The summed E-state index contributed by atoms with van der Waals surface area (Å²) in [5.74, 6) is 0.461. The second-order valence-corrected chi connectivity index (χ2v) is 6.52. The van der Waals surface area contributed by atoms with Gasteiger partial charge in [-0.05, 0) is 18.9 Å². The van der Waals surface area contributed by atoms with Crippen molar-refractivity contribution in [3.8, 4) is 0 Å². The fourth-order valence-corrected chi connectivity index (χ4v) is 3.49. The highest BCUT2D eigenvalue weighted by atomic mass is 32.2. The van der Waals surface area contributed by atoms with E-state index >= 15 is 0 Å². The topological polar surface area (TPSA) is 58.5 Å². The Balaban J connectivity index is 1.98. The van der Waals surface area contributed by atoms with Crippen molar-refractivity contribution in [1.82, 2.24) is 5.43 Å². The summed E-state index contributed by atoms with van der Waals surface area (Å²) in [5.41, 5.74) is 4.86. The summed E-state index contributed by atoms with van der Waals surface area (Å²) in [7, 11) is -2.84. The maximum atomic E-state index is 11.3. The molecule has 92 valence electrons. The summed E-state index contributed by atoms with van der Waals surface area (Å²) in [6.07, 6.45) is 0.647. The van der Waals surface area contributed by atoms with Gasteiger partial charge in [0.15, 0.2) is 9.84 Å². The van der Waals surface area contributed by atoms with Crippen LogP contribution in [0.2, 0.25) is 0 Å². The molecular weight excluding hydrogens is 236 g/mol. The third-order valence-corrected chi connectivity index (χ3v) is 4.61. The van der Waals surface area contributed by atoms with Crippen LogP contribution in [0.5, 0.6) is 0 Å². The van der Waals surface area contributed by atoms with Gasteiger partial charge in [0.25, 0.3) is 0 Å². The van der Waals surface area contributed by atoms with Gasteiger partial charge >= 0.3 is 0 Å². The fraction of sp³-hybridized carbons (Fsp3) is 0.417. The molecule has 0 bridgehead atoms. The minimum Gasteiger partial charge on any atom is -0.306 e. The Morgan fingerprint density at radius 3 is 2.65 bits per heavy atom. The number of rotatable bonds is 3. The number of nitrogens with one attached hydrogen (secondary N) is 1. The molecule has 1 saturated heterocycles. The highest BCUT2D eigenvalue weighted by molar-refractivity contribution is 7.91. The first-order chi connectivity index (χ1) is 8.07. The van der Waals surface area contributed by atoms with E-state index in [-0.39, 0.29) is 17.5 Å². The van der Waals surface area contributed by atoms with Crippen LogP contribution < -0.4 is 5.43 Å². The Kier molecular flexibility index (Phi) is 3.47. The molecule has 2 rings (SSSR count). The van der Waals surface area contributed by atoms with Crippen LogP contribution in [-0.2, 0) is 9.84 Å². The van der Waals surface area contributed by atoms with Gasteiger partial charge in [0.1, 0.15) is 0 Å². The predicted molar refractivity (Wildman–Crippen MR) is 68.8 cm³/mol. The molecule has 1 heterocycles. The standard InChI is InChI=1S/C12H16N2O2S/c1-10(11-5-3-2-4-6-11)13-14-12-7-8-17(15,16)9-12/h2-6,12,14H,7-9H2,1H3/b13-10+. The van der Waals surface area contributed by atoms with Gasteiger partial charge in [-0.1, -0.05) is 30.3 Å². The Morgan fingerprint density at radius 2 is 2.06 bits per heavy atom. The lowest BCUT2D eigenvalue weighted by atomic mass is 10.1. The van der Waals surface area contributed by atoms with Crippen LogP contribution in [0, 0.1) is 0 Å². The van der Waals surface area contributed by atoms with E-state index in [1.807, 2.05) is 37.3 Å². The first kappa shape index (κ1) is 12.1. The van der Waals surface area contributed by atoms with Gasteiger partial charge in [-0.3, -0.25) is 0 Å². The zero-order valence-electron chi connectivity index (χ0n) is 9.76. The van der Waals surface area contributed by atoms with E-state index in [9.17, 15) is 8.42 Å². The molecule has 0 amide bonds. The molecule has 17 heavy (non-hydrogen) atoms. The number of hydrazone groups is 1. The SMILES string of the molecule is C/C(=N\NC1CCS(=O)(=O)C1)c1ccccc1. The monoisotopic (exact) mass is 252 g/mol. The lowest BCUT2D eigenvalue weighted by Crippen LogP contribution is -2.26. The van der Waals surface area contributed by atoms with Crippen molar-refractivity contribution in [2.75, 3.05) is 11.5 Å². The van der Waals surface area contributed by atoms with Crippen LogP contribution in [0.3, 0.4) is 0 Å². The minimum absolute atomic E-state index is 0.0429. The maximum absolute atomic E-state index is 11.3. The van der Waals surface area contributed by atoms with Crippen molar-refractivity contribution in [2.45, 2.75) is 19.4 Å². The zero-order valence-corrected chi connectivity index (χ0v) is 10.6. The Bertz CT molecular complexity index is 509. The molecule has 1 aliphatic heterocycles. The third-order valence-electron chi connectivity index (χ3n) is 2.84. The first-order valence-corrected chi connectivity index (χ1v) is 7.45. The molecule has 5 heteroatoms. The number of hydrogen-bond acceptors (Lipinski definition) is 4. The molecule has 0 saturated carbocycles. The van der Waals surface area contributed by atoms with E-state index in [0.717, 1.165) is 11.3 Å². The molecule has 4 nitrogen and oxygen atoms in total. The molecule has 0 radical (unpaired) electrons. The van der Waals surface area contributed by atoms with Crippen molar-refractivity contribution in [2.24, 2.45) is 5.10 Å². The fourth-order valence-electron chi connectivity index (χ4n) is 1.83. The van der Waals surface area contributed by atoms with Crippen molar-refractivity contribution in [3.05, 3.63) is 35.9 Å². The highest BCUT2D eigenvalue weighted by Crippen LogP contribution is 2.11. The molecule has 1 N–H and O–H groups in total. The largest absolute Gasteiger partial charge is 0.306 e. The molecule has 1 atom stereocenters. The van der Waals surface area contributed by atoms with Gasteiger partial charge in [0.05, 0.1) is 23.3 Å². The molecule has 1 unspecified atom stereocenters. The van der Waals surface area contributed by atoms with E-state index in [2.05, 4.69) is 10.5 Å². The molecule has 0 spiro atoms. The summed E-state index contributed by atoms with van der Waals surface area (Å²) in [4.78, 5) is 0. The summed E-state index contributed by atoms with van der Waals surface area (Å²) in [6.45, 7) is 1.91. The van der Waals surface area contributed by atoms with E-state index in [1.54, 1.807) is 0 Å². The van der Waals surface area contributed by atoms with E-state index in [0.29, 0.717) is 6.42 Å². The molecule has 1 aliphatic rings. The average molecular weight is 252 g/mol. The van der Waals surface area contributed by atoms with Crippen molar-refractivity contribution in [1.29, 1.82) is 0 Å². The molecule has 1 aromatic rings. The van der Waals surface area contributed by atoms with Crippen LogP contribution in [-0.4, -0.2) is 31.7 Å². The zero-order chi connectivity index (χ0) is 12.3. The molecule has 1 aromatic carbocycles. The van der Waals surface area contributed by atoms with Crippen LogP contribution in [0.25, 0.3) is 0 Å². The second-order valence-electron chi connectivity index (χ2n) is 4.29. The first-order valence-electron chi connectivity index (χ1n) is 5.62. The van der Waals surface area contributed by atoms with Gasteiger partial charge in [0.2, 0.25) is 0 Å². The minimum atomic E-state index is -2.84. The maximum Gasteiger partial charge on any atom is 0.152 e. The number of hydrogen-bond donors (Lipinski definition) is 1. The molecule has 0 aromatic heterocycles. The van der Waals surface area contributed by atoms with E-state index in [1.165, 1.54) is 0 Å². The summed E-state index contributed by atoms with van der Waals surface area (Å²) >= 11 is 0. The van der Waals surface area contributed by atoms with Crippen molar-refractivity contribution >= 4 is 15.5 Å². The Hall–Kier alpha value is -1.36. The number of sulfone groups is 1. The van der Waals surface area contributed by atoms with Gasteiger partial charge in [0, 0.05) is 0 Å². The van der Waals surface area contributed by atoms with Gasteiger partial charge < -0.3 is 5.43 Å². The number of benzene rings is 1. The molecule has 1 fully saturated rings. The van der Waals surface area contributed by atoms with Crippen molar-refractivity contribution in [3.63, 3.8) is 0 Å². The van der Waals surface area contributed by atoms with Crippen LogP contribution in [0.4, 0.5) is 0 Å². The van der Waals surface area contributed by atoms with Crippen LogP contribution in [0.1, 0.15) is 18.9 Å². The summed E-state index contributed by atoms with van der Waals surface area (Å²) < 4.78 is 22.5. The van der Waals surface area contributed by atoms with Crippen LogP contribution >= 0.6 is 0 Å². The van der Waals surface area contributed by atoms with Gasteiger partial charge in [-0.2, -0.15) is 5.10 Å².